The highest BCUT2D eigenvalue weighted by Crippen LogP contribution is 2.11. The lowest BCUT2D eigenvalue weighted by molar-refractivity contribution is 0.543. The molecule has 0 unspecified atom stereocenters. The van der Waals surface area contributed by atoms with Gasteiger partial charge in [-0.3, -0.25) is 0 Å². The monoisotopic (exact) mass is 154 g/mol. The van der Waals surface area contributed by atoms with Crippen LogP contribution in [0.1, 0.15) is 38.7 Å². The van der Waals surface area contributed by atoms with Crippen LogP contribution < -0.4 is 5.73 Å². The Morgan fingerprint density at radius 2 is 2.09 bits per heavy atom. The van der Waals surface area contributed by atoms with Crippen LogP contribution in [-0.2, 0) is 0 Å². The van der Waals surface area contributed by atoms with E-state index in [0.717, 1.165) is 5.82 Å². The zero-order valence-electron chi connectivity index (χ0n) is 7.15. The number of hydrogen-bond acceptors (Lipinski definition) is 3. The van der Waals surface area contributed by atoms with Crippen molar-refractivity contribution in [2.45, 2.75) is 32.9 Å². The second-order valence-electron chi connectivity index (χ2n) is 2.98. The smallest absolute Gasteiger partial charge is 0.149 e. The summed E-state index contributed by atoms with van der Waals surface area (Å²) in [4.78, 5) is 0. The highest BCUT2D eigenvalue weighted by Gasteiger charge is 2.09. The third-order valence-electron chi connectivity index (χ3n) is 1.56. The molecule has 0 aromatic carbocycles. The van der Waals surface area contributed by atoms with Gasteiger partial charge < -0.3 is 10.3 Å². The molecule has 0 saturated carbocycles. The Morgan fingerprint density at radius 3 is 2.45 bits per heavy atom. The van der Waals surface area contributed by atoms with Crippen LogP contribution >= 0.6 is 0 Å². The van der Waals surface area contributed by atoms with Crippen LogP contribution in [0.3, 0.4) is 0 Å². The lowest BCUT2D eigenvalue weighted by atomic mass is 10.3. The number of hydrogen-bond donors (Lipinski definition) is 1. The summed E-state index contributed by atoms with van der Waals surface area (Å²) in [6, 6.07) is 0.339. The van der Waals surface area contributed by atoms with Crippen molar-refractivity contribution in [3.05, 3.63) is 12.2 Å². The molecule has 1 aromatic heterocycles. The van der Waals surface area contributed by atoms with Gasteiger partial charge in [-0.1, -0.05) is 0 Å². The molecule has 4 nitrogen and oxygen atoms in total. The molecule has 2 N–H and O–H groups in total. The first-order chi connectivity index (χ1) is 5.13. The minimum absolute atomic E-state index is 0.0418. The Hall–Kier alpha value is -0.900. The summed E-state index contributed by atoms with van der Waals surface area (Å²) in [5.74, 6) is 0.847. The highest BCUT2D eigenvalue weighted by molar-refractivity contribution is 4.92. The number of rotatable bonds is 2. The molecule has 62 valence electrons. The molecule has 1 atom stereocenters. The topological polar surface area (TPSA) is 56.7 Å². The summed E-state index contributed by atoms with van der Waals surface area (Å²) in [5.41, 5.74) is 5.67. The van der Waals surface area contributed by atoms with Gasteiger partial charge in [-0.05, 0) is 20.8 Å². The standard InChI is InChI=1S/C7H14N4/c1-5(2)11-4-9-10-7(11)6(3)8/h4-6H,8H2,1-3H3/t6-/m0/s1. The van der Waals surface area contributed by atoms with E-state index in [9.17, 15) is 0 Å². The summed E-state index contributed by atoms with van der Waals surface area (Å²) >= 11 is 0. The van der Waals surface area contributed by atoms with Crippen LogP contribution in [0.5, 0.6) is 0 Å². The van der Waals surface area contributed by atoms with Gasteiger partial charge in [0.15, 0.2) is 0 Å². The van der Waals surface area contributed by atoms with Gasteiger partial charge in [0.05, 0.1) is 6.04 Å². The highest BCUT2D eigenvalue weighted by atomic mass is 15.3. The van der Waals surface area contributed by atoms with E-state index in [1.807, 2.05) is 11.5 Å². The Kier molecular flexibility index (Phi) is 2.24. The molecule has 0 bridgehead atoms. The van der Waals surface area contributed by atoms with E-state index in [1.165, 1.54) is 0 Å². The van der Waals surface area contributed by atoms with Gasteiger partial charge in [0.25, 0.3) is 0 Å². The van der Waals surface area contributed by atoms with Crippen molar-refractivity contribution in [3.63, 3.8) is 0 Å². The van der Waals surface area contributed by atoms with E-state index < -0.39 is 0 Å². The summed E-state index contributed by atoms with van der Waals surface area (Å²) in [5, 5.41) is 7.72. The number of nitrogens with zero attached hydrogens (tertiary/aromatic N) is 3. The Labute approximate surface area is 66.4 Å². The molecule has 0 fully saturated rings. The predicted molar refractivity (Wildman–Crippen MR) is 43.0 cm³/mol. The summed E-state index contributed by atoms with van der Waals surface area (Å²) in [7, 11) is 0. The molecule has 1 heterocycles. The average Bonchev–Trinajstić information content (AvgIpc) is 2.32. The van der Waals surface area contributed by atoms with E-state index >= 15 is 0 Å². The summed E-state index contributed by atoms with van der Waals surface area (Å²) in [6.45, 7) is 6.06. The van der Waals surface area contributed by atoms with Crippen molar-refractivity contribution < 1.29 is 0 Å². The molecular formula is C7H14N4. The SMILES string of the molecule is CC(C)n1cnnc1[C@H](C)N. The minimum Gasteiger partial charge on any atom is -0.322 e. The average molecular weight is 154 g/mol. The van der Waals surface area contributed by atoms with Gasteiger partial charge in [0.1, 0.15) is 12.2 Å². The predicted octanol–water partition coefficient (Wildman–Crippen LogP) is 0.879. The van der Waals surface area contributed by atoms with Crippen LogP contribution in [0.25, 0.3) is 0 Å². The van der Waals surface area contributed by atoms with Crippen LogP contribution in [0.4, 0.5) is 0 Å². The molecule has 1 rings (SSSR count). The number of nitrogens with two attached hydrogens (primary N) is 1. The molecule has 0 aliphatic heterocycles. The maximum atomic E-state index is 5.67. The Balaban J connectivity index is 2.96. The van der Waals surface area contributed by atoms with Crippen molar-refractivity contribution in [2.24, 2.45) is 5.73 Å². The zero-order chi connectivity index (χ0) is 8.43. The second-order valence-corrected chi connectivity index (χ2v) is 2.98. The van der Waals surface area contributed by atoms with Gasteiger partial charge in [-0.25, -0.2) is 0 Å². The molecule has 0 radical (unpaired) electrons. The van der Waals surface area contributed by atoms with Crippen molar-refractivity contribution in [1.82, 2.24) is 14.8 Å². The molecule has 0 saturated heterocycles. The molecule has 0 spiro atoms. The zero-order valence-corrected chi connectivity index (χ0v) is 7.15. The first kappa shape index (κ1) is 8.20. The van der Waals surface area contributed by atoms with Crippen LogP contribution in [-0.4, -0.2) is 14.8 Å². The van der Waals surface area contributed by atoms with Crippen molar-refractivity contribution in [3.8, 4) is 0 Å². The van der Waals surface area contributed by atoms with Crippen molar-refractivity contribution in [2.75, 3.05) is 0 Å². The number of aromatic nitrogens is 3. The fourth-order valence-corrected chi connectivity index (χ4v) is 0.975. The molecule has 4 heteroatoms. The van der Waals surface area contributed by atoms with Crippen LogP contribution in [0, 0.1) is 0 Å². The molecular weight excluding hydrogens is 140 g/mol. The van der Waals surface area contributed by atoms with E-state index in [4.69, 9.17) is 5.73 Å². The lowest BCUT2D eigenvalue weighted by Gasteiger charge is -2.11. The molecule has 1 aromatic rings. The van der Waals surface area contributed by atoms with Gasteiger partial charge >= 0.3 is 0 Å². The van der Waals surface area contributed by atoms with Gasteiger partial charge in [0.2, 0.25) is 0 Å². The lowest BCUT2D eigenvalue weighted by Crippen LogP contribution is -2.14. The van der Waals surface area contributed by atoms with E-state index in [0.29, 0.717) is 6.04 Å². The fraction of sp³-hybridized carbons (Fsp3) is 0.714. The van der Waals surface area contributed by atoms with Crippen molar-refractivity contribution in [1.29, 1.82) is 0 Å². The maximum absolute atomic E-state index is 5.67. The van der Waals surface area contributed by atoms with Gasteiger partial charge in [-0.15, -0.1) is 10.2 Å². The van der Waals surface area contributed by atoms with Gasteiger partial charge in [-0.2, -0.15) is 0 Å². The van der Waals surface area contributed by atoms with Crippen LogP contribution in [0.15, 0.2) is 6.33 Å². The second kappa shape index (κ2) is 3.00. The Bertz CT molecular complexity index is 204. The largest absolute Gasteiger partial charge is 0.322 e. The van der Waals surface area contributed by atoms with Crippen molar-refractivity contribution >= 4 is 0 Å². The normalized spacial score (nSPS) is 13.9. The molecule has 0 aliphatic carbocycles. The van der Waals surface area contributed by atoms with E-state index in [-0.39, 0.29) is 6.04 Å². The summed E-state index contributed by atoms with van der Waals surface area (Å²) in [6.07, 6.45) is 1.71. The first-order valence-corrected chi connectivity index (χ1v) is 3.78. The van der Waals surface area contributed by atoms with Crippen LogP contribution in [0.2, 0.25) is 0 Å². The summed E-state index contributed by atoms with van der Waals surface area (Å²) < 4.78 is 1.98. The molecule has 0 amide bonds. The van der Waals surface area contributed by atoms with E-state index in [2.05, 4.69) is 24.0 Å². The Morgan fingerprint density at radius 1 is 1.45 bits per heavy atom. The quantitative estimate of drug-likeness (QED) is 0.688. The molecule has 0 aliphatic rings. The molecule has 11 heavy (non-hydrogen) atoms. The van der Waals surface area contributed by atoms with Gasteiger partial charge in [0, 0.05) is 6.04 Å². The fourth-order valence-electron chi connectivity index (χ4n) is 0.975. The minimum atomic E-state index is -0.0418. The first-order valence-electron chi connectivity index (χ1n) is 3.78. The maximum Gasteiger partial charge on any atom is 0.149 e. The van der Waals surface area contributed by atoms with E-state index in [1.54, 1.807) is 6.33 Å². The third-order valence-corrected chi connectivity index (χ3v) is 1.56. The third kappa shape index (κ3) is 1.57.